The number of hydrogen-bond donors (Lipinski definition) is 1. The van der Waals surface area contributed by atoms with Crippen molar-refractivity contribution in [2.45, 2.75) is 19.3 Å². The number of benzene rings is 1. The summed E-state index contributed by atoms with van der Waals surface area (Å²) >= 11 is 0. The average Bonchev–Trinajstić information content (AvgIpc) is 2.69. The van der Waals surface area contributed by atoms with Gasteiger partial charge >= 0.3 is 6.03 Å². The lowest BCUT2D eigenvalue weighted by Crippen LogP contribution is -2.52. The number of carbonyl (C=O) groups is 2. The molecule has 0 bridgehead atoms. The summed E-state index contributed by atoms with van der Waals surface area (Å²) in [6.07, 6.45) is 3.37. The van der Waals surface area contributed by atoms with Crippen molar-refractivity contribution in [2.24, 2.45) is 0 Å². The van der Waals surface area contributed by atoms with Gasteiger partial charge in [-0.1, -0.05) is 0 Å². The van der Waals surface area contributed by atoms with Crippen molar-refractivity contribution in [3.8, 4) is 0 Å². The van der Waals surface area contributed by atoms with E-state index < -0.39 is 4.92 Å². The minimum Gasteiger partial charge on any atom is -0.342 e. The van der Waals surface area contributed by atoms with E-state index in [4.69, 9.17) is 0 Å². The predicted molar refractivity (Wildman–Crippen MR) is 101 cm³/mol. The van der Waals surface area contributed by atoms with Crippen molar-refractivity contribution < 1.29 is 14.5 Å². The summed E-state index contributed by atoms with van der Waals surface area (Å²) in [6.45, 7) is 4.55. The molecule has 2 saturated heterocycles. The Balaban J connectivity index is 1.43. The fourth-order valence-corrected chi connectivity index (χ4v) is 3.41. The summed E-state index contributed by atoms with van der Waals surface area (Å²) in [5.74, 6) is 0.179. The van der Waals surface area contributed by atoms with Crippen LogP contribution >= 0.6 is 0 Å². The Kier molecular flexibility index (Phi) is 6.23. The summed E-state index contributed by atoms with van der Waals surface area (Å²) in [4.78, 5) is 40.6. The number of carbonyl (C=O) groups excluding carboxylic acids is 2. The van der Waals surface area contributed by atoms with Crippen molar-refractivity contribution in [3.63, 3.8) is 0 Å². The lowest BCUT2D eigenvalue weighted by molar-refractivity contribution is -0.384. The molecule has 2 aliphatic rings. The fourth-order valence-electron chi connectivity index (χ4n) is 3.41. The normalized spacial score (nSPS) is 18.2. The van der Waals surface area contributed by atoms with E-state index in [1.807, 2.05) is 4.90 Å². The number of non-ortho nitro benzene ring substituents is 1. The number of hydrogen-bond acceptors (Lipinski definition) is 5. The van der Waals surface area contributed by atoms with Crippen LogP contribution in [0.3, 0.4) is 0 Å². The Hall–Kier alpha value is -2.68. The maximum Gasteiger partial charge on any atom is 0.321 e. The van der Waals surface area contributed by atoms with Gasteiger partial charge in [0.15, 0.2) is 0 Å². The Morgan fingerprint density at radius 3 is 2.15 bits per heavy atom. The number of piperazine rings is 1. The topological polar surface area (TPSA) is 99.0 Å². The smallest absolute Gasteiger partial charge is 0.321 e. The van der Waals surface area contributed by atoms with Gasteiger partial charge < -0.3 is 15.1 Å². The van der Waals surface area contributed by atoms with Gasteiger partial charge in [-0.05, 0) is 31.4 Å². The molecule has 1 aromatic rings. The van der Waals surface area contributed by atoms with Crippen molar-refractivity contribution in [3.05, 3.63) is 34.4 Å². The second kappa shape index (κ2) is 8.81. The first-order chi connectivity index (χ1) is 13.0. The summed E-state index contributed by atoms with van der Waals surface area (Å²) in [5.41, 5.74) is 0.508. The molecule has 1 N–H and O–H groups in total. The van der Waals surface area contributed by atoms with E-state index in [1.54, 1.807) is 4.90 Å². The second-order valence-corrected chi connectivity index (χ2v) is 6.94. The van der Waals surface area contributed by atoms with Crippen LogP contribution in [0, 0.1) is 10.1 Å². The first-order valence-corrected chi connectivity index (χ1v) is 9.33. The van der Waals surface area contributed by atoms with Gasteiger partial charge in [0.05, 0.1) is 11.5 Å². The van der Waals surface area contributed by atoms with Gasteiger partial charge in [-0.3, -0.25) is 19.8 Å². The van der Waals surface area contributed by atoms with Crippen molar-refractivity contribution >= 4 is 23.3 Å². The summed E-state index contributed by atoms with van der Waals surface area (Å²) in [7, 11) is 0. The summed E-state index contributed by atoms with van der Waals surface area (Å²) in [5, 5.41) is 13.4. The molecule has 2 heterocycles. The molecule has 0 saturated carbocycles. The van der Waals surface area contributed by atoms with E-state index in [1.165, 1.54) is 30.7 Å². The number of nitrogens with one attached hydrogen (secondary N) is 1. The standard InChI is InChI=1S/C18H25N5O4/c24-17(21-8-2-1-3-9-21)14-20-10-12-22(13-11-20)18(25)19-15-4-6-16(7-5-15)23(26)27/h4-7H,1-3,8-14H2,(H,19,25). The van der Waals surface area contributed by atoms with Crippen LogP contribution in [0.15, 0.2) is 24.3 Å². The van der Waals surface area contributed by atoms with Crippen LogP contribution in [0.4, 0.5) is 16.2 Å². The molecule has 9 nitrogen and oxygen atoms in total. The van der Waals surface area contributed by atoms with Crippen LogP contribution < -0.4 is 5.32 Å². The number of nitro groups is 1. The lowest BCUT2D eigenvalue weighted by atomic mass is 10.1. The minimum absolute atomic E-state index is 0.0139. The van der Waals surface area contributed by atoms with Crippen LogP contribution in [-0.2, 0) is 4.79 Å². The van der Waals surface area contributed by atoms with Gasteiger partial charge in [-0.15, -0.1) is 0 Å². The first kappa shape index (κ1) is 19.1. The molecule has 2 fully saturated rings. The number of amides is 3. The molecule has 0 unspecified atom stereocenters. The number of nitro benzene ring substituents is 1. The number of piperidine rings is 1. The fraction of sp³-hybridized carbons (Fsp3) is 0.556. The van der Waals surface area contributed by atoms with Gasteiger partial charge in [0.25, 0.3) is 5.69 Å². The molecule has 146 valence electrons. The maximum atomic E-state index is 12.3. The van der Waals surface area contributed by atoms with Crippen LogP contribution in [0.25, 0.3) is 0 Å². The van der Waals surface area contributed by atoms with E-state index in [0.29, 0.717) is 38.4 Å². The molecular formula is C18H25N5O4. The molecule has 1 aromatic carbocycles. The highest BCUT2D eigenvalue weighted by Crippen LogP contribution is 2.16. The maximum absolute atomic E-state index is 12.3. The highest BCUT2D eigenvalue weighted by Gasteiger charge is 2.24. The van der Waals surface area contributed by atoms with E-state index >= 15 is 0 Å². The number of urea groups is 1. The molecule has 0 spiro atoms. The zero-order valence-electron chi connectivity index (χ0n) is 15.3. The Labute approximate surface area is 158 Å². The third kappa shape index (κ3) is 5.16. The first-order valence-electron chi connectivity index (χ1n) is 9.33. The summed E-state index contributed by atoms with van der Waals surface area (Å²) < 4.78 is 0. The SMILES string of the molecule is O=C(CN1CCN(C(=O)Nc2ccc([N+](=O)[O-])cc2)CC1)N1CCCCC1. The predicted octanol–water partition coefficient (Wildman–Crippen LogP) is 1.76. The van der Waals surface area contributed by atoms with E-state index in [0.717, 1.165) is 25.9 Å². The quantitative estimate of drug-likeness (QED) is 0.639. The van der Waals surface area contributed by atoms with Crippen molar-refractivity contribution in [2.75, 3.05) is 51.1 Å². The zero-order valence-corrected chi connectivity index (χ0v) is 15.3. The molecular weight excluding hydrogens is 350 g/mol. The molecule has 3 amide bonds. The zero-order chi connectivity index (χ0) is 19.2. The molecule has 2 aliphatic heterocycles. The van der Waals surface area contributed by atoms with Gasteiger partial charge in [0.1, 0.15) is 0 Å². The molecule has 0 aliphatic carbocycles. The molecule has 3 rings (SSSR count). The van der Waals surface area contributed by atoms with Gasteiger partial charge in [0.2, 0.25) is 5.91 Å². The van der Waals surface area contributed by atoms with E-state index in [9.17, 15) is 19.7 Å². The Morgan fingerprint density at radius 2 is 1.56 bits per heavy atom. The van der Waals surface area contributed by atoms with Gasteiger partial charge in [-0.2, -0.15) is 0 Å². The summed E-state index contributed by atoms with van der Waals surface area (Å²) in [6, 6.07) is 5.53. The number of likely N-dealkylation sites (tertiary alicyclic amines) is 1. The Bertz CT molecular complexity index is 679. The molecule has 27 heavy (non-hydrogen) atoms. The molecule has 9 heteroatoms. The van der Waals surface area contributed by atoms with Crippen LogP contribution in [-0.4, -0.2) is 77.4 Å². The van der Waals surface area contributed by atoms with Crippen molar-refractivity contribution in [1.29, 1.82) is 0 Å². The molecule has 0 radical (unpaired) electrons. The largest absolute Gasteiger partial charge is 0.342 e. The molecule has 0 atom stereocenters. The highest BCUT2D eigenvalue weighted by molar-refractivity contribution is 5.89. The van der Waals surface area contributed by atoms with Gasteiger partial charge in [0, 0.05) is 57.1 Å². The van der Waals surface area contributed by atoms with E-state index in [2.05, 4.69) is 10.2 Å². The second-order valence-electron chi connectivity index (χ2n) is 6.94. The third-order valence-corrected chi connectivity index (χ3v) is 5.06. The minimum atomic E-state index is -0.476. The average molecular weight is 375 g/mol. The number of rotatable bonds is 4. The number of nitrogens with zero attached hydrogens (tertiary/aromatic N) is 4. The third-order valence-electron chi connectivity index (χ3n) is 5.06. The molecule has 0 aromatic heterocycles. The highest BCUT2D eigenvalue weighted by atomic mass is 16.6. The monoisotopic (exact) mass is 375 g/mol. The van der Waals surface area contributed by atoms with Crippen LogP contribution in [0.2, 0.25) is 0 Å². The van der Waals surface area contributed by atoms with Crippen molar-refractivity contribution in [1.82, 2.24) is 14.7 Å². The van der Waals surface area contributed by atoms with Crippen LogP contribution in [0.5, 0.6) is 0 Å². The Morgan fingerprint density at radius 1 is 0.926 bits per heavy atom. The van der Waals surface area contributed by atoms with Gasteiger partial charge in [-0.25, -0.2) is 4.79 Å². The van der Waals surface area contributed by atoms with E-state index in [-0.39, 0.29) is 17.6 Å². The van der Waals surface area contributed by atoms with Crippen LogP contribution in [0.1, 0.15) is 19.3 Å². The lowest BCUT2D eigenvalue weighted by Gasteiger charge is -2.36. The number of anilines is 1.